The molecule has 2 N–H and O–H groups in total. The van der Waals surface area contributed by atoms with Crippen LogP contribution in [0, 0.1) is 0 Å². The van der Waals surface area contributed by atoms with Gasteiger partial charge < -0.3 is 15.1 Å². The van der Waals surface area contributed by atoms with Gasteiger partial charge in [-0.25, -0.2) is 4.79 Å². The standard InChI is InChI=1S/C12H13NO3S2/c1-13-10(14)9(18-12(13)17)6-7-4-2-3-5-8(7)11(15)16/h2-5,9-10,14H,6H2,1H3,(H,15,16)/t9-,10-/m1/s1. The summed E-state index contributed by atoms with van der Waals surface area (Å²) in [6.45, 7) is 0. The van der Waals surface area contributed by atoms with E-state index in [1.807, 2.05) is 0 Å². The number of carbonyl (C=O) groups is 1. The molecule has 0 unspecified atom stereocenters. The first-order valence-corrected chi connectivity index (χ1v) is 6.72. The normalized spacial score (nSPS) is 23.4. The topological polar surface area (TPSA) is 60.8 Å². The van der Waals surface area contributed by atoms with Gasteiger partial charge in [0, 0.05) is 7.05 Å². The highest BCUT2D eigenvalue weighted by atomic mass is 32.2. The van der Waals surface area contributed by atoms with Crippen molar-refractivity contribution in [3.05, 3.63) is 35.4 Å². The Labute approximate surface area is 115 Å². The van der Waals surface area contributed by atoms with E-state index >= 15 is 0 Å². The second kappa shape index (κ2) is 5.26. The molecular formula is C12H13NO3S2. The Kier molecular flexibility index (Phi) is 3.89. The number of hydrogen-bond acceptors (Lipinski definition) is 4. The largest absolute Gasteiger partial charge is 0.478 e. The van der Waals surface area contributed by atoms with E-state index in [9.17, 15) is 9.90 Å². The second-order valence-corrected chi connectivity index (χ2v) is 5.99. The number of rotatable bonds is 3. The van der Waals surface area contributed by atoms with Crippen molar-refractivity contribution >= 4 is 34.3 Å². The molecular weight excluding hydrogens is 270 g/mol. The van der Waals surface area contributed by atoms with Gasteiger partial charge in [0.15, 0.2) is 0 Å². The number of benzene rings is 1. The van der Waals surface area contributed by atoms with E-state index in [2.05, 4.69) is 0 Å². The lowest BCUT2D eigenvalue weighted by Crippen LogP contribution is -2.33. The molecule has 2 rings (SSSR count). The van der Waals surface area contributed by atoms with E-state index in [0.29, 0.717) is 10.7 Å². The predicted octanol–water partition coefficient (Wildman–Crippen LogP) is 1.58. The maximum Gasteiger partial charge on any atom is 0.335 e. The van der Waals surface area contributed by atoms with Crippen molar-refractivity contribution in [2.75, 3.05) is 7.05 Å². The summed E-state index contributed by atoms with van der Waals surface area (Å²) < 4.78 is 0.639. The maximum absolute atomic E-state index is 11.1. The van der Waals surface area contributed by atoms with E-state index in [-0.39, 0.29) is 10.8 Å². The van der Waals surface area contributed by atoms with Crippen LogP contribution >= 0.6 is 24.0 Å². The number of thiocarbonyl (C=S) groups is 1. The summed E-state index contributed by atoms with van der Waals surface area (Å²) in [6.07, 6.45) is -0.178. The molecule has 1 aliphatic rings. The summed E-state index contributed by atoms with van der Waals surface area (Å²) in [5.41, 5.74) is 1.01. The number of aliphatic hydroxyl groups is 1. The zero-order chi connectivity index (χ0) is 13.3. The number of nitrogens with zero attached hydrogens (tertiary/aromatic N) is 1. The molecule has 1 saturated heterocycles. The Morgan fingerprint density at radius 3 is 2.72 bits per heavy atom. The maximum atomic E-state index is 11.1. The first kappa shape index (κ1) is 13.3. The van der Waals surface area contributed by atoms with Crippen molar-refractivity contribution in [2.45, 2.75) is 17.9 Å². The molecule has 96 valence electrons. The molecule has 0 amide bonds. The second-order valence-electron chi connectivity index (χ2n) is 4.11. The third kappa shape index (κ3) is 2.50. The Bertz CT molecular complexity index is 492. The Morgan fingerprint density at radius 1 is 1.50 bits per heavy atom. The number of carboxylic acids is 1. The summed E-state index contributed by atoms with van der Waals surface area (Å²) in [5, 5.41) is 19.0. The molecule has 2 atom stereocenters. The molecule has 6 heteroatoms. The minimum absolute atomic E-state index is 0.122. The molecule has 18 heavy (non-hydrogen) atoms. The van der Waals surface area contributed by atoms with Gasteiger partial charge in [-0.15, -0.1) is 0 Å². The molecule has 1 aromatic rings. The van der Waals surface area contributed by atoms with Crippen LogP contribution in [0.3, 0.4) is 0 Å². The molecule has 1 heterocycles. The van der Waals surface area contributed by atoms with E-state index in [1.54, 1.807) is 36.2 Å². The van der Waals surface area contributed by atoms with Gasteiger partial charge in [-0.3, -0.25) is 0 Å². The zero-order valence-electron chi connectivity index (χ0n) is 9.74. The van der Waals surface area contributed by atoms with Crippen LogP contribution in [0.15, 0.2) is 24.3 Å². The predicted molar refractivity (Wildman–Crippen MR) is 74.9 cm³/mol. The lowest BCUT2D eigenvalue weighted by Gasteiger charge is -2.19. The summed E-state index contributed by atoms with van der Waals surface area (Å²) in [5.74, 6) is -0.945. The van der Waals surface area contributed by atoms with Crippen molar-refractivity contribution < 1.29 is 15.0 Å². The minimum atomic E-state index is -0.945. The van der Waals surface area contributed by atoms with E-state index < -0.39 is 12.2 Å². The van der Waals surface area contributed by atoms with Crippen LogP contribution in [0.1, 0.15) is 15.9 Å². The highest BCUT2D eigenvalue weighted by Crippen LogP contribution is 2.32. The summed E-state index contributed by atoms with van der Waals surface area (Å²) >= 11 is 6.52. The van der Waals surface area contributed by atoms with E-state index in [1.165, 1.54) is 11.8 Å². The van der Waals surface area contributed by atoms with Crippen molar-refractivity contribution in [3.63, 3.8) is 0 Å². The first-order valence-electron chi connectivity index (χ1n) is 5.43. The number of carboxylic acid groups (broad SMARTS) is 1. The number of thioether (sulfide) groups is 1. The number of aromatic carboxylic acids is 1. The minimum Gasteiger partial charge on any atom is -0.478 e. The average molecular weight is 283 g/mol. The van der Waals surface area contributed by atoms with E-state index in [0.717, 1.165) is 5.56 Å². The highest BCUT2D eigenvalue weighted by molar-refractivity contribution is 8.23. The Balaban J connectivity index is 2.20. The van der Waals surface area contributed by atoms with Crippen molar-refractivity contribution in [1.82, 2.24) is 4.90 Å². The molecule has 0 spiro atoms. The van der Waals surface area contributed by atoms with Crippen LogP contribution in [0.4, 0.5) is 0 Å². The van der Waals surface area contributed by atoms with Crippen molar-refractivity contribution in [1.29, 1.82) is 0 Å². The number of aliphatic hydroxyl groups excluding tert-OH is 1. The van der Waals surface area contributed by atoms with E-state index in [4.69, 9.17) is 17.3 Å². The van der Waals surface area contributed by atoms with Crippen LogP contribution in [0.2, 0.25) is 0 Å². The highest BCUT2D eigenvalue weighted by Gasteiger charge is 2.35. The summed E-state index contributed by atoms with van der Waals surface area (Å²) in [6, 6.07) is 6.85. The van der Waals surface area contributed by atoms with Crippen LogP contribution in [0.25, 0.3) is 0 Å². The zero-order valence-corrected chi connectivity index (χ0v) is 11.4. The monoisotopic (exact) mass is 283 g/mol. The van der Waals surface area contributed by atoms with Crippen LogP contribution in [-0.2, 0) is 6.42 Å². The van der Waals surface area contributed by atoms with Gasteiger partial charge in [0.05, 0.1) is 10.8 Å². The van der Waals surface area contributed by atoms with Gasteiger partial charge in [0.25, 0.3) is 0 Å². The molecule has 0 bridgehead atoms. The fourth-order valence-electron chi connectivity index (χ4n) is 1.90. The quantitative estimate of drug-likeness (QED) is 0.821. The molecule has 4 nitrogen and oxygen atoms in total. The fourth-order valence-corrected chi connectivity index (χ4v) is 3.48. The Morgan fingerprint density at radius 2 is 2.17 bits per heavy atom. The van der Waals surface area contributed by atoms with Crippen LogP contribution in [0.5, 0.6) is 0 Å². The molecule has 1 fully saturated rings. The fraction of sp³-hybridized carbons (Fsp3) is 0.333. The smallest absolute Gasteiger partial charge is 0.335 e. The Hall–Kier alpha value is -1.11. The lowest BCUT2D eigenvalue weighted by atomic mass is 10.0. The third-order valence-electron chi connectivity index (χ3n) is 2.94. The first-order chi connectivity index (χ1) is 8.50. The van der Waals surface area contributed by atoms with Gasteiger partial charge in [0.1, 0.15) is 10.5 Å². The molecule has 0 aliphatic carbocycles. The van der Waals surface area contributed by atoms with Crippen molar-refractivity contribution in [3.8, 4) is 0 Å². The van der Waals surface area contributed by atoms with Gasteiger partial charge >= 0.3 is 5.97 Å². The lowest BCUT2D eigenvalue weighted by molar-refractivity contribution is 0.0688. The van der Waals surface area contributed by atoms with Gasteiger partial charge in [-0.05, 0) is 18.1 Å². The summed E-state index contributed by atoms with van der Waals surface area (Å²) in [4.78, 5) is 12.7. The third-order valence-corrected chi connectivity index (χ3v) is 4.72. The number of hydrogen-bond donors (Lipinski definition) is 2. The molecule has 1 aromatic carbocycles. The molecule has 0 saturated carbocycles. The van der Waals surface area contributed by atoms with Gasteiger partial charge in [0.2, 0.25) is 0 Å². The molecule has 0 aromatic heterocycles. The molecule has 1 aliphatic heterocycles. The molecule has 0 radical (unpaired) electrons. The van der Waals surface area contributed by atoms with Crippen LogP contribution < -0.4 is 0 Å². The SMILES string of the molecule is CN1C(=S)S[C@H](Cc2ccccc2C(=O)O)[C@H]1O. The van der Waals surface area contributed by atoms with Crippen LogP contribution in [-0.4, -0.2) is 43.9 Å². The van der Waals surface area contributed by atoms with Crippen molar-refractivity contribution in [2.24, 2.45) is 0 Å². The average Bonchev–Trinajstić information content (AvgIpc) is 2.57. The van der Waals surface area contributed by atoms with Gasteiger partial charge in [-0.2, -0.15) is 0 Å². The summed E-state index contributed by atoms with van der Waals surface area (Å²) in [7, 11) is 1.74. The van der Waals surface area contributed by atoms with Gasteiger partial charge in [-0.1, -0.05) is 42.2 Å².